The number of aromatic nitrogens is 2. The molecule has 0 unspecified atom stereocenters. The second kappa shape index (κ2) is 6.90. The van der Waals surface area contributed by atoms with Crippen molar-refractivity contribution in [2.45, 2.75) is 52.7 Å². The van der Waals surface area contributed by atoms with E-state index in [9.17, 15) is 19.5 Å². The Morgan fingerprint density at radius 2 is 1.52 bits per heavy atom. The van der Waals surface area contributed by atoms with Gasteiger partial charge < -0.3 is 14.6 Å². The molecular formula is C18H23N3O6. The summed E-state index contributed by atoms with van der Waals surface area (Å²) in [7, 11) is 0. The van der Waals surface area contributed by atoms with E-state index in [1.165, 1.54) is 24.5 Å². The minimum absolute atomic E-state index is 0.0731. The van der Waals surface area contributed by atoms with Gasteiger partial charge in [0.2, 0.25) is 0 Å². The molecule has 2 amide bonds. The van der Waals surface area contributed by atoms with E-state index in [1.54, 1.807) is 41.5 Å². The van der Waals surface area contributed by atoms with Crippen molar-refractivity contribution in [3.8, 4) is 0 Å². The summed E-state index contributed by atoms with van der Waals surface area (Å²) in [5, 5.41) is 9.56. The van der Waals surface area contributed by atoms with Crippen LogP contribution in [0.1, 0.15) is 41.5 Å². The van der Waals surface area contributed by atoms with E-state index in [1.807, 2.05) is 0 Å². The Labute approximate surface area is 156 Å². The second-order valence-electron chi connectivity index (χ2n) is 7.83. The van der Waals surface area contributed by atoms with E-state index in [2.05, 4.69) is 4.98 Å². The molecule has 27 heavy (non-hydrogen) atoms. The van der Waals surface area contributed by atoms with Crippen LogP contribution in [0.15, 0.2) is 24.5 Å². The van der Waals surface area contributed by atoms with Crippen molar-refractivity contribution in [2.75, 3.05) is 4.90 Å². The number of fused-ring (bicyclic) bond motifs is 1. The molecule has 0 saturated carbocycles. The van der Waals surface area contributed by atoms with Gasteiger partial charge in [-0.15, -0.1) is 0 Å². The first kappa shape index (κ1) is 20.2. The monoisotopic (exact) mass is 377 g/mol. The number of anilines is 1. The first-order valence-electron chi connectivity index (χ1n) is 8.25. The minimum atomic E-state index is -1.21. The molecule has 0 aromatic carbocycles. The van der Waals surface area contributed by atoms with Gasteiger partial charge in [0.05, 0.1) is 5.52 Å². The quantitative estimate of drug-likeness (QED) is 0.791. The van der Waals surface area contributed by atoms with Gasteiger partial charge in [-0.05, 0) is 53.7 Å². The van der Waals surface area contributed by atoms with Gasteiger partial charge in [0.15, 0.2) is 5.82 Å². The fourth-order valence-electron chi connectivity index (χ4n) is 2.26. The Hall–Kier alpha value is -3.10. The number of carbonyl (C=O) groups excluding carboxylic acids is 2. The van der Waals surface area contributed by atoms with Crippen molar-refractivity contribution in [1.29, 1.82) is 0 Å². The molecule has 1 N–H and O–H groups in total. The van der Waals surface area contributed by atoms with Crippen LogP contribution >= 0.6 is 0 Å². The van der Waals surface area contributed by atoms with Crippen LogP contribution in [0, 0.1) is 0 Å². The normalized spacial score (nSPS) is 11.9. The maximum absolute atomic E-state index is 12.7. The molecule has 2 aromatic rings. The van der Waals surface area contributed by atoms with Crippen LogP contribution in [0.25, 0.3) is 10.9 Å². The maximum atomic E-state index is 12.7. The number of imide groups is 1. The summed E-state index contributed by atoms with van der Waals surface area (Å²) in [4.78, 5) is 41.5. The zero-order valence-corrected chi connectivity index (χ0v) is 16.1. The number of ether oxygens (including phenoxy) is 2. The molecule has 0 saturated heterocycles. The molecule has 0 spiro atoms. The molecule has 0 aliphatic heterocycles. The number of carboxylic acid groups (broad SMARTS) is 1. The zero-order valence-electron chi connectivity index (χ0n) is 16.1. The van der Waals surface area contributed by atoms with Crippen molar-refractivity contribution >= 4 is 35.0 Å². The van der Waals surface area contributed by atoms with Gasteiger partial charge in [-0.3, -0.25) is 4.57 Å². The summed E-state index contributed by atoms with van der Waals surface area (Å²) < 4.78 is 11.6. The van der Waals surface area contributed by atoms with Crippen LogP contribution in [0.5, 0.6) is 0 Å². The lowest BCUT2D eigenvalue weighted by atomic mass is 10.2. The molecule has 9 nitrogen and oxygen atoms in total. The highest BCUT2D eigenvalue weighted by molar-refractivity contribution is 6.14. The molecule has 2 aromatic heterocycles. The van der Waals surface area contributed by atoms with Crippen molar-refractivity contribution in [2.24, 2.45) is 0 Å². The largest absolute Gasteiger partial charge is 0.464 e. The minimum Gasteiger partial charge on any atom is -0.464 e. The summed E-state index contributed by atoms with van der Waals surface area (Å²) >= 11 is 0. The average Bonchev–Trinajstić information content (AvgIpc) is 2.88. The smallest absolute Gasteiger partial charge is 0.425 e. The summed E-state index contributed by atoms with van der Waals surface area (Å²) in [5.41, 5.74) is -1.46. The first-order valence-corrected chi connectivity index (χ1v) is 8.25. The Morgan fingerprint density at radius 3 is 1.96 bits per heavy atom. The van der Waals surface area contributed by atoms with Gasteiger partial charge >= 0.3 is 18.3 Å². The standard InChI is InChI=1S/C18H23N3O6/c1-17(2,3)26-15(24)21(16(25)27-18(4,5)6)13-11-8-10-20(14(22)23)12(11)7-9-19-13/h7-10H,1-6H3,(H,22,23). The van der Waals surface area contributed by atoms with Gasteiger partial charge in [0, 0.05) is 17.8 Å². The number of hydrogen-bond acceptors (Lipinski definition) is 6. The van der Waals surface area contributed by atoms with Crippen LogP contribution in [0.2, 0.25) is 0 Å². The topological polar surface area (TPSA) is 111 Å². The SMILES string of the molecule is CC(C)(C)OC(=O)N(C(=O)OC(C)(C)C)c1nccc2c1ccn2C(=O)O. The number of pyridine rings is 1. The van der Waals surface area contributed by atoms with Crippen LogP contribution in [0.4, 0.5) is 20.2 Å². The molecule has 0 aliphatic rings. The summed E-state index contributed by atoms with van der Waals surface area (Å²) in [5.74, 6) is -0.0731. The van der Waals surface area contributed by atoms with Crippen LogP contribution in [0.3, 0.4) is 0 Å². The van der Waals surface area contributed by atoms with E-state index in [0.29, 0.717) is 4.90 Å². The summed E-state index contributed by atoms with van der Waals surface area (Å²) in [6, 6.07) is 2.92. The van der Waals surface area contributed by atoms with Crippen molar-refractivity contribution in [3.63, 3.8) is 0 Å². The van der Waals surface area contributed by atoms with Crippen LogP contribution < -0.4 is 4.90 Å². The maximum Gasteiger partial charge on any atom is 0.425 e. The Morgan fingerprint density at radius 1 is 1.00 bits per heavy atom. The number of hydrogen-bond donors (Lipinski definition) is 1. The third-order valence-corrected chi connectivity index (χ3v) is 3.17. The van der Waals surface area contributed by atoms with E-state index >= 15 is 0 Å². The second-order valence-corrected chi connectivity index (χ2v) is 7.83. The predicted molar refractivity (Wildman–Crippen MR) is 98.1 cm³/mol. The average molecular weight is 377 g/mol. The Bertz CT molecular complexity index is 861. The van der Waals surface area contributed by atoms with Crippen molar-refractivity contribution in [3.05, 3.63) is 24.5 Å². The Balaban J connectivity index is 2.60. The third-order valence-electron chi connectivity index (χ3n) is 3.17. The lowest BCUT2D eigenvalue weighted by Gasteiger charge is -2.28. The molecule has 146 valence electrons. The Kier molecular flexibility index (Phi) is 5.17. The zero-order chi connectivity index (χ0) is 20.6. The van der Waals surface area contributed by atoms with Gasteiger partial charge in [0.25, 0.3) is 0 Å². The highest BCUT2D eigenvalue weighted by Gasteiger charge is 2.35. The number of rotatable bonds is 1. The van der Waals surface area contributed by atoms with Crippen molar-refractivity contribution < 1.29 is 29.0 Å². The van der Waals surface area contributed by atoms with Crippen LogP contribution in [-0.4, -0.2) is 44.1 Å². The molecule has 0 bridgehead atoms. The molecule has 2 heterocycles. The number of carbonyl (C=O) groups is 3. The summed E-state index contributed by atoms with van der Waals surface area (Å²) in [6.45, 7) is 9.96. The lowest BCUT2D eigenvalue weighted by Crippen LogP contribution is -2.44. The number of nitrogens with zero attached hydrogens (tertiary/aromatic N) is 3. The van der Waals surface area contributed by atoms with Gasteiger partial charge in [-0.25, -0.2) is 19.4 Å². The molecule has 0 atom stereocenters. The fourth-order valence-corrected chi connectivity index (χ4v) is 2.26. The predicted octanol–water partition coefficient (Wildman–Crippen LogP) is 4.24. The highest BCUT2D eigenvalue weighted by atomic mass is 16.6. The molecule has 9 heteroatoms. The lowest BCUT2D eigenvalue weighted by molar-refractivity contribution is 0.0429. The van der Waals surface area contributed by atoms with Crippen LogP contribution in [-0.2, 0) is 9.47 Å². The fraction of sp³-hybridized carbons (Fsp3) is 0.444. The van der Waals surface area contributed by atoms with Gasteiger partial charge in [0.1, 0.15) is 11.2 Å². The highest BCUT2D eigenvalue weighted by Crippen LogP contribution is 2.28. The molecular weight excluding hydrogens is 354 g/mol. The van der Waals surface area contributed by atoms with Crippen molar-refractivity contribution in [1.82, 2.24) is 9.55 Å². The molecule has 0 radical (unpaired) electrons. The first-order chi connectivity index (χ1) is 12.3. The molecule has 2 rings (SSSR count). The number of amides is 2. The van der Waals surface area contributed by atoms with E-state index in [0.717, 1.165) is 4.57 Å². The van der Waals surface area contributed by atoms with E-state index in [-0.39, 0.29) is 16.7 Å². The van der Waals surface area contributed by atoms with E-state index < -0.39 is 29.5 Å². The van der Waals surface area contributed by atoms with E-state index in [4.69, 9.17) is 9.47 Å². The molecule has 0 aliphatic carbocycles. The molecule has 0 fully saturated rings. The van der Waals surface area contributed by atoms with Gasteiger partial charge in [-0.2, -0.15) is 4.90 Å². The third kappa shape index (κ3) is 4.75. The van der Waals surface area contributed by atoms with Gasteiger partial charge in [-0.1, -0.05) is 0 Å². The summed E-state index contributed by atoms with van der Waals surface area (Å²) in [6.07, 6.45) is -0.540.